The van der Waals surface area contributed by atoms with Gasteiger partial charge in [0.05, 0.1) is 18.0 Å². The van der Waals surface area contributed by atoms with Gasteiger partial charge in [-0.3, -0.25) is 24.6 Å². The molecule has 3 aromatic carbocycles. The molecule has 1 atom stereocenters. The van der Waals surface area contributed by atoms with Crippen molar-refractivity contribution in [3.05, 3.63) is 107 Å². The summed E-state index contributed by atoms with van der Waals surface area (Å²) in [4.78, 5) is 51.7. The van der Waals surface area contributed by atoms with Crippen LogP contribution in [0.5, 0.6) is 0 Å². The quantitative estimate of drug-likeness (QED) is 0.0720. The fourth-order valence-corrected chi connectivity index (χ4v) is 10.7. The number of amides is 3. The number of anilines is 1. The second-order valence-corrected chi connectivity index (χ2v) is 18.6. The van der Waals surface area contributed by atoms with Crippen molar-refractivity contribution in [1.29, 1.82) is 0 Å². The Hall–Kier alpha value is -5.50. The van der Waals surface area contributed by atoms with Crippen LogP contribution in [0.4, 0.5) is 10.2 Å². The predicted molar refractivity (Wildman–Crippen MR) is 251 cm³/mol. The third kappa shape index (κ3) is 10.0. The Bertz CT molecular complexity index is 2490. The summed E-state index contributed by atoms with van der Waals surface area (Å²) in [6, 6.07) is 23.8. The predicted octanol–water partition coefficient (Wildman–Crippen LogP) is 7.54. The van der Waals surface area contributed by atoms with Crippen LogP contribution >= 0.6 is 0 Å². The van der Waals surface area contributed by atoms with Crippen LogP contribution in [0.25, 0.3) is 28.0 Å². The van der Waals surface area contributed by atoms with Crippen molar-refractivity contribution in [3.63, 3.8) is 0 Å². The fourth-order valence-electron chi connectivity index (χ4n) is 10.7. The number of aromatic nitrogens is 3. The van der Waals surface area contributed by atoms with Gasteiger partial charge in [0.15, 0.2) is 5.65 Å². The number of aliphatic hydroxyl groups is 1. The molecular weight excluding hydrogens is 820 g/mol. The highest BCUT2D eigenvalue weighted by atomic mass is 19.1. The van der Waals surface area contributed by atoms with E-state index in [2.05, 4.69) is 81.5 Å². The number of β-amino-alcohol motifs (C(OH)–C–C–N with tert-alkyl or cyclic N) is 1. The molecule has 9 rings (SSSR count). The summed E-state index contributed by atoms with van der Waals surface area (Å²) in [5.41, 5.74) is 9.55. The Morgan fingerprint density at radius 2 is 1.49 bits per heavy atom. The summed E-state index contributed by atoms with van der Waals surface area (Å²) in [6.07, 6.45) is 11.9. The maximum Gasteiger partial charge on any atom is 0.255 e. The number of aliphatic hydroxyl groups excluding tert-OH is 1. The molecule has 13 heteroatoms. The molecule has 0 spiro atoms. The number of unbranched alkanes of at least 4 members (excludes halogenated alkanes) is 6. The van der Waals surface area contributed by atoms with E-state index in [4.69, 9.17) is 10.1 Å². The zero-order chi connectivity index (χ0) is 44.9. The highest BCUT2D eigenvalue weighted by Crippen LogP contribution is 2.38. The number of likely N-dealkylation sites (tertiary alicyclic amines) is 1. The van der Waals surface area contributed by atoms with Gasteiger partial charge < -0.3 is 19.8 Å². The maximum absolute atomic E-state index is 14.9. The second-order valence-electron chi connectivity index (χ2n) is 18.6. The third-order valence-corrected chi connectivity index (χ3v) is 14.3. The average molecular weight is 883 g/mol. The Labute approximate surface area is 381 Å². The van der Waals surface area contributed by atoms with E-state index in [1.807, 2.05) is 10.6 Å². The highest BCUT2D eigenvalue weighted by molar-refractivity contribution is 6.05. The normalized spacial score (nSPS) is 18.8. The number of benzene rings is 3. The number of rotatable bonds is 17. The number of hydrogen-bond donors (Lipinski definition) is 2. The zero-order valence-electron chi connectivity index (χ0n) is 37.8. The molecule has 3 saturated heterocycles. The van der Waals surface area contributed by atoms with Crippen LogP contribution in [0.15, 0.2) is 72.8 Å². The van der Waals surface area contributed by atoms with Crippen LogP contribution in [-0.2, 0) is 22.6 Å². The standard InChI is InChI=1S/C52H63FN8O4/c1-36-49(39-15-9-7-10-16-39)50-54-45(34-48(61(50)56-36)59-27-25-58(26-28-59)29-30-62)40-17-12-14-37(31-40)13-8-5-3-2-4-6-11-22-57-23-20-38(21-24-57)42-32-41(53)33-43-44(42)35-60(52(43)65)46-18-19-47(63)55-51(46)64/h7,9-10,12,14-17,31-34,38,46,62H,2-6,8,11,13,18-30,35H2,1H3,(H,55,63,64). The van der Waals surface area contributed by atoms with E-state index in [1.165, 1.54) is 55.1 Å². The molecule has 4 aliphatic heterocycles. The van der Waals surface area contributed by atoms with Crippen molar-refractivity contribution >= 4 is 29.2 Å². The van der Waals surface area contributed by atoms with E-state index in [9.17, 15) is 23.9 Å². The van der Waals surface area contributed by atoms with Crippen molar-refractivity contribution in [2.24, 2.45) is 0 Å². The van der Waals surface area contributed by atoms with E-state index in [1.54, 1.807) is 6.07 Å². The van der Waals surface area contributed by atoms with E-state index in [0.717, 1.165) is 122 Å². The van der Waals surface area contributed by atoms with Gasteiger partial charge in [-0.2, -0.15) is 9.61 Å². The molecule has 342 valence electrons. The van der Waals surface area contributed by atoms with Crippen LogP contribution in [0, 0.1) is 12.7 Å². The van der Waals surface area contributed by atoms with Crippen LogP contribution in [0.2, 0.25) is 0 Å². The van der Waals surface area contributed by atoms with Crippen LogP contribution in [0.1, 0.15) is 109 Å². The molecule has 4 aliphatic rings. The summed E-state index contributed by atoms with van der Waals surface area (Å²) in [5, 5.41) is 16.9. The number of carbonyl (C=O) groups is 3. The number of nitrogens with zero attached hydrogens (tertiary/aromatic N) is 7. The fraction of sp³-hybridized carbons (Fsp3) is 0.481. The molecule has 2 N–H and O–H groups in total. The summed E-state index contributed by atoms with van der Waals surface area (Å²) >= 11 is 0. The summed E-state index contributed by atoms with van der Waals surface area (Å²) in [7, 11) is 0. The van der Waals surface area contributed by atoms with Crippen molar-refractivity contribution in [3.8, 4) is 22.4 Å². The van der Waals surface area contributed by atoms with Gasteiger partial charge in [-0.05, 0) is 111 Å². The van der Waals surface area contributed by atoms with Crippen LogP contribution in [0.3, 0.4) is 0 Å². The second kappa shape index (κ2) is 20.3. The van der Waals surface area contributed by atoms with Gasteiger partial charge in [-0.25, -0.2) is 9.37 Å². The average Bonchev–Trinajstić information content (AvgIpc) is 3.83. The third-order valence-electron chi connectivity index (χ3n) is 14.3. The van der Waals surface area contributed by atoms with Gasteiger partial charge in [-0.1, -0.05) is 80.6 Å². The lowest BCUT2D eigenvalue weighted by molar-refractivity contribution is -0.136. The summed E-state index contributed by atoms with van der Waals surface area (Å²) in [5.74, 6) is -0.255. The van der Waals surface area contributed by atoms with Crippen LogP contribution in [-0.4, -0.2) is 117 Å². The van der Waals surface area contributed by atoms with Crippen molar-refractivity contribution in [2.45, 2.75) is 102 Å². The molecule has 6 heterocycles. The van der Waals surface area contributed by atoms with Gasteiger partial charge in [0.25, 0.3) is 5.91 Å². The Morgan fingerprint density at radius 1 is 0.769 bits per heavy atom. The number of imide groups is 1. The Balaban J connectivity index is 0.728. The first-order chi connectivity index (χ1) is 31.7. The number of nitrogens with one attached hydrogen (secondary N) is 1. The van der Waals surface area contributed by atoms with Crippen molar-refractivity contribution in [1.82, 2.24) is 34.6 Å². The van der Waals surface area contributed by atoms with E-state index < -0.39 is 17.8 Å². The monoisotopic (exact) mass is 882 g/mol. The lowest BCUT2D eigenvalue weighted by Crippen LogP contribution is -2.52. The SMILES string of the molecule is Cc1nn2c(N3CCN(CCO)CC3)cc(-c3cccc(CCCCCCCCCN4CCC(c5cc(F)cc6c5CN(C5CCC(=O)NC5=O)C6=O)CC4)c3)nc2c1-c1ccccc1. The first-order valence-electron chi connectivity index (χ1n) is 24.1. The van der Waals surface area contributed by atoms with Gasteiger partial charge in [0.1, 0.15) is 17.7 Å². The van der Waals surface area contributed by atoms with Gasteiger partial charge >= 0.3 is 0 Å². The number of piperidine rings is 2. The van der Waals surface area contributed by atoms with Crippen LogP contribution < -0.4 is 10.2 Å². The topological polar surface area (TPSA) is 127 Å². The van der Waals surface area contributed by atoms with Gasteiger partial charge in [0, 0.05) is 68.4 Å². The Kier molecular flexibility index (Phi) is 14.0. The first kappa shape index (κ1) is 44.7. The lowest BCUT2D eigenvalue weighted by Gasteiger charge is -2.35. The summed E-state index contributed by atoms with van der Waals surface area (Å²) in [6.45, 7) is 9.74. The number of piperazine rings is 1. The number of carbonyl (C=O) groups excluding carboxylic acids is 3. The highest BCUT2D eigenvalue weighted by Gasteiger charge is 2.41. The molecule has 0 saturated carbocycles. The number of hydrogen-bond acceptors (Lipinski definition) is 9. The molecule has 1 unspecified atom stereocenters. The first-order valence-corrected chi connectivity index (χ1v) is 24.1. The minimum absolute atomic E-state index is 0.178. The van der Waals surface area contributed by atoms with E-state index in [0.29, 0.717) is 18.5 Å². The maximum atomic E-state index is 14.9. The largest absolute Gasteiger partial charge is 0.395 e. The van der Waals surface area contributed by atoms with Crippen molar-refractivity contribution in [2.75, 3.05) is 63.9 Å². The summed E-state index contributed by atoms with van der Waals surface area (Å²) < 4.78 is 16.9. The van der Waals surface area contributed by atoms with Gasteiger partial charge in [-0.15, -0.1) is 0 Å². The molecule has 12 nitrogen and oxygen atoms in total. The molecule has 65 heavy (non-hydrogen) atoms. The van der Waals surface area contributed by atoms with Gasteiger partial charge in [0.2, 0.25) is 11.8 Å². The van der Waals surface area contributed by atoms with Crippen molar-refractivity contribution < 1.29 is 23.9 Å². The molecule has 3 amide bonds. The molecule has 5 aromatic rings. The zero-order valence-corrected chi connectivity index (χ0v) is 37.8. The lowest BCUT2D eigenvalue weighted by atomic mass is 9.85. The number of halogens is 1. The molecule has 0 radical (unpaired) electrons. The molecule has 0 aliphatic carbocycles. The number of fused-ring (bicyclic) bond motifs is 2. The Morgan fingerprint density at radius 3 is 2.25 bits per heavy atom. The molecule has 2 aromatic heterocycles. The smallest absolute Gasteiger partial charge is 0.255 e. The van der Waals surface area contributed by atoms with E-state index >= 15 is 0 Å². The molecule has 3 fully saturated rings. The number of aryl methyl sites for hydroxylation is 2. The molecule has 0 bridgehead atoms. The minimum Gasteiger partial charge on any atom is -0.395 e. The van der Waals surface area contributed by atoms with E-state index in [-0.39, 0.29) is 37.3 Å². The molecular formula is C52H63FN8O4. The minimum atomic E-state index is -0.700.